The van der Waals surface area contributed by atoms with E-state index in [4.69, 9.17) is 0 Å². The zero-order valence-corrected chi connectivity index (χ0v) is 11.0. The molecule has 1 saturated heterocycles. The number of nitrogens with one attached hydrogen (secondary N) is 1. The molecule has 0 aromatic carbocycles. The lowest BCUT2D eigenvalue weighted by Gasteiger charge is -2.34. The van der Waals surface area contributed by atoms with Gasteiger partial charge in [-0.2, -0.15) is 13.2 Å². The number of rotatable bonds is 3. The zero-order valence-electron chi connectivity index (χ0n) is 11.0. The van der Waals surface area contributed by atoms with Gasteiger partial charge in [0.15, 0.2) is 0 Å². The van der Waals surface area contributed by atoms with Crippen molar-refractivity contribution in [3.63, 3.8) is 0 Å². The van der Waals surface area contributed by atoms with Crippen molar-refractivity contribution in [2.75, 3.05) is 19.6 Å². The Hall–Kier alpha value is -0.290. The Kier molecular flexibility index (Phi) is 4.54. The van der Waals surface area contributed by atoms with E-state index in [0.717, 1.165) is 18.8 Å². The van der Waals surface area contributed by atoms with E-state index in [0.29, 0.717) is 25.2 Å². The zero-order chi connectivity index (χ0) is 13.2. The highest BCUT2D eigenvalue weighted by molar-refractivity contribution is 4.85. The number of halogens is 3. The average molecular weight is 264 g/mol. The monoisotopic (exact) mass is 264 g/mol. The fraction of sp³-hybridized carbons (Fsp3) is 1.00. The number of alkyl halides is 3. The lowest BCUT2D eigenvalue weighted by Crippen LogP contribution is -2.47. The van der Waals surface area contributed by atoms with Crippen LogP contribution in [0.5, 0.6) is 0 Å². The summed E-state index contributed by atoms with van der Waals surface area (Å²) in [7, 11) is 0. The molecule has 1 aliphatic heterocycles. The molecule has 1 heterocycles. The first-order chi connectivity index (χ1) is 8.42. The maximum Gasteiger partial charge on any atom is 0.401 e. The summed E-state index contributed by atoms with van der Waals surface area (Å²) < 4.78 is 36.8. The molecule has 2 aliphatic rings. The summed E-state index contributed by atoms with van der Waals surface area (Å²) in [5.41, 5.74) is 0. The van der Waals surface area contributed by atoms with Gasteiger partial charge in [0.25, 0.3) is 0 Å². The maximum absolute atomic E-state index is 12.3. The first-order valence-corrected chi connectivity index (χ1v) is 6.97. The third-order valence-corrected chi connectivity index (χ3v) is 4.16. The highest BCUT2D eigenvalue weighted by atomic mass is 19.4. The van der Waals surface area contributed by atoms with Crippen LogP contribution >= 0.6 is 0 Å². The van der Waals surface area contributed by atoms with E-state index < -0.39 is 12.7 Å². The molecule has 0 amide bonds. The van der Waals surface area contributed by atoms with E-state index >= 15 is 0 Å². The van der Waals surface area contributed by atoms with Crippen molar-refractivity contribution >= 4 is 0 Å². The molecule has 2 nitrogen and oxygen atoms in total. The topological polar surface area (TPSA) is 15.3 Å². The molecule has 1 saturated carbocycles. The van der Waals surface area contributed by atoms with Crippen LogP contribution in [0.25, 0.3) is 0 Å². The number of piperidine rings is 1. The second kappa shape index (κ2) is 5.78. The fourth-order valence-corrected chi connectivity index (χ4v) is 3.20. The van der Waals surface area contributed by atoms with Crippen LogP contribution in [0, 0.1) is 5.92 Å². The molecule has 1 N–H and O–H groups in total. The van der Waals surface area contributed by atoms with E-state index in [1.54, 1.807) is 0 Å². The summed E-state index contributed by atoms with van der Waals surface area (Å²) in [4.78, 5) is 1.52. The van der Waals surface area contributed by atoms with Crippen molar-refractivity contribution in [1.82, 2.24) is 10.2 Å². The summed E-state index contributed by atoms with van der Waals surface area (Å²) in [5.74, 6) is 0.799. The van der Waals surface area contributed by atoms with Crippen LogP contribution < -0.4 is 5.32 Å². The molecule has 2 rings (SSSR count). The largest absolute Gasteiger partial charge is 0.401 e. The lowest BCUT2D eigenvalue weighted by atomic mass is 10.0. The van der Waals surface area contributed by atoms with Crippen molar-refractivity contribution in [2.45, 2.75) is 57.3 Å². The molecule has 2 fully saturated rings. The first kappa shape index (κ1) is 14.1. The van der Waals surface area contributed by atoms with E-state index in [2.05, 4.69) is 12.2 Å². The smallest absolute Gasteiger partial charge is 0.311 e. The molecule has 2 unspecified atom stereocenters. The summed E-state index contributed by atoms with van der Waals surface area (Å²) in [6.45, 7) is 2.66. The first-order valence-electron chi connectivity index (χ1n) is 6.97. The van der Waals surface area contributed by atoms with Gasteiger partial charge in [-0.15, -0.1) is 0 Å². The third kappa shape index (κ3) is 4.43. The minimum absolute atomic E-state index is 0.421. The van der Waals surface area contributed by atoms with Gasteiger partial charge >= 0.3 is 6.18 Å². The van der Waals surface area contributed by atoms with Gasteiger partial charge in [0, 0.05) is 12.1 Å². The molecule has 18 heavy (non-hydrogen) atoms. The number of hydrogen-bond donors (Lipinski definition) is 1. The lowest BCUT2D eigenvalue weighted by molar-refractivity contribution is -0.148. The van der Waals surface area contributed by atoms with Gasteiger partial charge < -0.3 is 5.32 Å². The molecule has 0 radical (unpaired) electrons. The molecule has 0 aromatic rings. The summed E-state index contributed by atoms with van der Waals surface area (Å²) in [6, 6.07) is 1.02. The van der Waals surface area contributed by atoms with Crippen LogP contribution in [-0.4, -0.2) is 42.8 Å². The Bertz CT molecular complexity index is 259. The molecule has 106 valence electrons. The van der Waals surface area contributed by atoms with Crippen LogP contribution in [-0.2, 0) is 0 Å². The molecule has 1 aliphatic carbocycles. The van der Waals surface area contributed by atoms with Crippen LogP contribution in [0.1, 0.15) is 39.0 Å². The van der Waals surface area contributed by atoms with Gasteiger partial charge in [-0.3, -0.25) is 4.90 Å². The molecule has 5 heteroatoms. The van der Waals surface area contributed by atoms with Crippen LogP contribution in [0.3, 0.4) is 0 Å². The van der Waals surface area contributed by atoms with E-state index in [9.17, 15) is 13.2 Å². The number of hydrogen-bond acceptors (Lipinski definition) is 2. The Morgan fingerprint density at radius 1 is 1.06 bits per heavy atom. The summed E-state index contributed by atoms with van der Waals surface area (Å²) >= 11 is 0. The van der Waals surface area contributed by atoms with Gasteiger partial charge in [0.2, 0.25) is 0 Å². The Morgan fingerprint density at radius 2 is 1.72 bits per heavy atom. The van der Waals surface area contributed by atoms with E-state index in [1.807, 2.05) is 0 Å². The summed E-state index contributed by atoms with van der Waals surface area (Å²) in [6.07, 6.45) is 1.38. The van der Waals surface area contributed by atoms with Crippen LogP contribution in [0.4, 0.5) is 13.2 Å². The molecular formula is C13H23F3N2. The predicted octanol–water partition coefficient (Wildman–Crippen LogP) is 2.79. The average Bonchev–Trinajstić information content (AvgIpc) is 2.65. The van der Waals surface area contributed by atoms with E-state index in [1.165, 1.54) is 24.2 Å². The quantitative estimate of drug-likeness (QED) is 0.843. The SMILES string of the molecule is CC1CCC(NC2CCN(CC(F)(F)F)CC2)C1. The van der Waals surface area contributed by atoms with Crippen LogP contribution in [0.15, 0.2) is 0 Å². The second-order valence-electron chi connectivity index (χ2n) is 5.95. The second-order valence-corrected chi connectivity index (χ2v) is 5.95. The molecule has 2 atom stereocenters. The third-order valence-electron chi connectivity index (χ3n) is 4.16. The van der Waals surface area contributed by atoms with E-state index in [-0.39, 0.29) is 0 Å². The van der Waals surface area contributed by atoms with Crippen molar-refractivity contribution in [2.24, 2.45) is 5.92 Å². The number of nitrogens with zero attached hydrogens (tertiary/aromatic N) is 1. The minimum Gasteiger partial charge on any atom is -0.311 e. The van der Waals surface area contributed by atoms with Crippen LogP contribution in [0.2, 0.25) is 0 Å². The Balaban J connectivity index is 1.67. The number of likely N-dealkylation sites (tertiary alicyclic amines) is 1. The summed E-state index contributed by atoms with van der Waals surface area (Å²) in [5, 5.41) is 3.62. The molecular weight excluding hydrogens is 241 g/mol. The van der Waals surface area contributed by atoms with Gasteiger partial charge in [0.1, 0.15) is 0 Å². The molecule has 0 spiro atoms. The standard InChI is InChI=1S/C13H23F3N2/c1-10-2-3-12(8-10)17-11-4-6-18(7-5-11)9-13(14,15)16/h10-12,17H,2-9H2,1H3. The predicted molar refractivity (Wildman–Crippen MR) is 65.5 cm³/mol. The van der Waals surface area contributed by atoms with Gasteiger partial charge in [-0.05, 0) is 51.1 Å². The fourth-order valence-electron chi connectivity index (χ4n) is 3.20. The molecule has 0 bridgehead atoms. The highest BCUT2D eigenvalue weighted by Crippen LogP contribution is 2.26. The van der Waals surface area contributed by atoms with Crippen molar-refractivity contribution in [3.05, 3.63) is 0 Å². The van der Waals surface area contributed by atoms with Crippen molar-refractivity contribution < 1.29 is 13.2 Å². The minimum atomic E-state index is -4.05. The molecule has 0 aromatic heterocycles. The van der Waals surface area contributed by atoms with Gasteiger partial charge in [0.05, 0.1) is 6.54 Å². The normalized spacial score (nSPS) is 32.0. The highest BCUT2D eigenvalue weighted by Gasteiger charge is 2.33. The Morgan fingerprint density at radius 3 is 2.22 bits per heavy atom. The Labute approximate surface area is 107 Å². The van der Waals surface area contributed by atoms with Gasteiger partial charge in [-0.1, -0.05) is 6.92 Å². The maximum atomic E-state index is 12.3. The van der Waals surface area contributed by atoms with Crippen molar-refractivity contribution in [1.29, 1.82) is 0 Å². The van der Waals surface area contributed by atoms with Gasteiger partial charge in [-0.25, -0.2) is 0 Å². The van der Waals surface area contributed by atoms with Crippen molar-refractivity contribution in [3.8, 4) is 0 Å².